The highest BCUT2D eigenvalue weighted by molar-refractivity contribution is 7.07. The molecule has 2 aromatic rings. The van der Waals surface area contributed by atoms with Gasteiger partial charge in [0.1, 0.15) is 6.61 Å². The van der Waals surface area contributed by atoms with Crippen molar-refractivity contribution in [2.45, 2.75) is 32.4 Å². The Bertz CT molecular complexity index is 575. The van der Waals surface area contributed by atoms with Crippen molar-refractivity contribution in [2.75, 3.05) is 7.11 Å². The van der Waals surface area contributed by atoms with E-state index in [2.05, 4.69) is 11.9 Å². The van der Waals surface area contributed by atoms with Crippen molar-refractivity contribution in [3.8, 4) is 11.5 Å². The summed E-state index contributed by atoms with van der Waals surface area (Å²) in [4.78, 5) is 4.21. The van der Waals surface area contributed by atoms with Crippen LogP contribution in [0.5, 0.6) is 11.5 Å². The number of nitrogens with zero attached hydrogens (tertiary/aromatic N) is 1. The lowest BCUT2D eigenvalue weighted by molar-refractivity contribution is 0.277. The predicted molar refractivity (Wildman–Crippen MR) is 86.4 cm³/mol. The van der Waals surface area contributed by atoms with Crippen LogP contribution in [0, 0.1) is 0 Å². The van der Waals surface area contributed by atoms with Gasteiger partial charge in [-0.25, -0.2) is 4.98 Å². The van der Waals surface area contributed by atoms with Gasteiger partial charge in [0.25, 0.3) is 0 Å². The zero-order valence-corrected chi connectivity index (χ0v) is 13.7. The highest BCUT2D eigenvalue weighted by atomic mass is 35.5. The number of aromatic nitrogens is 1. The number of methoxy groups -OCH3 is 1. The van der Waals surface area contributed by atoms with Gasteiger partial charge in [0.2, 0.25) is 0 Å². The Morgan fingerprint density at radius 1 is 1.43 bits per heavy atom. The van der Waals surface area contributed by atoms with E-state index < -0.39 is 0 Å². The molecular formula is C15H19ClN2O2S. The molecule has 0 amide bonds. The standard InChI is InChI=1S/C15H19ClN2O2S/c1-3-12(17)5-10-4-11(16)6-14(19-2)15(10)20-7-13-8-21-9-18-13/h4,6,8-9,12H,3,5,7,17H2,1-2H3. The molecule has 0 radical (unpaired) electrons. The number of nitrogens with two attached hydrogens (primary N) is 1. The van der Waals surface area contributed by atoms with E-state index >= 15 is 0 Å². The van der Waals surface area contributed by atoms with E-state index in [4.69, 9.17) is 26.8 Å². The quantitative estimate of drug-likeness (QED) is 0.843. The summed E-state index contributed by atoms with van der Waals surface area (Å²) < 4.78 is 11.3. The molecule has 0 spiro atoms. The smallest absolute Gasteiger partial charge is 0.165 e. The van der Waals surface area contributed by atoms with Gasteiger partial charge >= 0.3 is 0 Å². The SMILES string of the molecule is CCC(N)Cc1cc(Cl)cc(OC)c1OCc1cscn1. The summed E-state index contributed by atoms with van der Waals surface area (Å²) >= 11 is 7.68. The molecule has 1 unspecified atom stereocenters. The minimum Gasteiger partial charge on any atom is -0.493 e. The van der Waals surface area contributed by atoms with E-state index in [0.717, 1.165) is 17.7 Å². The van der Waals surface area contributed by atoms with Crippen molar-refractivity contribution in [1.82, 2.24) is 4.98 Å². The van der Waals surface area contributed by atoms with Crippen LogP contribution in [0.15, 0.2) is 23.0 Å². The van der Waals surface area contributed by atoms with Crippen LogP contribution >= 0.6 is 22.9 Å². The Morgan fingerprint density at radius 3 is 2.86 bits per heavy atom. The van der Waals surface area contributed by atoms with Gasteiger partial charge in [0, 0.05) is 28.1 Å². The topological polar surface area (TPSA) is 57.4 Å². The highest BCUT2D eigenvalue weighted by Crippen LogP contribution is 2.36. The van der Waals surface area contributed by atoms with Crippen LogP contribution in [0.3, 0.4) is 0 Å². The molecule has 0 saturated heterocycles. The van der Waals surface area contributed by atoms with Crippen molar-refractivity contribution < 1.29 is 9.47 Å². The summed E-state index contributed by atoms with van der Waals surface area (Å²) in [6.07, 6.45) is 1.58. The lowest BCUT2D eigenvalue weighted by Gasteiger charge is -2.17. The van der Waals surface area contributed by atoms with E-state index in [-0.39, 0.29) is 6.04 Å². The summed E-state index contributed by atoms with van der Waals surface area (Å²) in [5.41, 5.74) is 9.69. The Hall–Kier alpha value is -1.30. The Labute approximate surface area is 133 Å². The highest BCUT2D eigenvalue weighted by Gasteiger charge is 2.15. The van der Waals surface area contributed by atoms with Gasteiger partial charge in [0.05, 0.1) is 18.3 Å². The molecule has 1 heterocycles. The normalized spacial score (nSPS) is 12.2. The summed E-state index contributed by atoms with van der Waals surface area (Å²) in [6.45, 7) is 2.46. The molecule has 6 heteroatoms. The average Bonchev–Trinajstić information content (AvgIpc) is 2.98. The third kappa shape index (κ3) is 4.33. The van der Waals surface area contributed by atoms with E-state index in [1.165, 1.54) is 0 Å². The number of hydrogen-bond acceptors (Lipinski definition) is 5. The van der Waals surface area contributed by atoms with Crippen LogP contribution in [0.25, 0.3) is 0 Å². The van der Waals surface area contributed by atoms with Crippen LogP contribution in [0.4, 0.5) is 0 Å². The first kappa shape index (κ1) is 16.1. The fourth-order valence-electron chi connectivity index (χ4n) is 1.97. The van der Waals surface area contributed by atoms with Crippen molar-refractivity contribution in [1.29, 1.82) is 0 Å². The number of ether oxygens (including phenoxy) is 2. The van der Waals surface area contributed by atoms with Gasteiger partial charge in [0.15, 0.2) is 11.5 Å². The zero-order valence-electron chi connectivity index (χ0n) is 12.1. The lowest BCUT2D eigenvalue weighted by Crippen LogP contribution is -2.21. The molecule has 114 valence electrons. The van der Waals surface area contributed by atoms with Crippen LogP contribution in [-0.2, 0) is 13.0 Å². The Kier molecular flexibility index (Phi) is 5.85. The third-order valence-corrected chi connectivity index (χ3v) is 4.02. The summed E-state index contributed by atoms with van der Waals surface area (Å²) in [7, 11) is 1.60. The fraction of sp³-hybridized carbons (Fsp3) is 0.400. The van der Waals surface area contributed by atoms with Gasteiger partial charge in [-0.1, -0.05) is 18.5 Å². The first-order valence-electron chi connectivity index (χ1n) is 6.75. The van der Waals surface area contributed by atoms with Crippen molar-refractivity contribution in [2.24, 2.45) is 5.73 Å². The summed E-state index contributed by atoms with van der Waals surface area (Å²) in [5.74, 6) is 1.31. The maximum atomic E-state index is 6.14. The molecule has 0 aliphatic carbocycles. The number of hydrogen-bond donors (Lipinski definition) is 1. The van der Waals surface area contributed by atoms with Crippen LogP contribution in [-0.4, -0.2) is 18.1 Å². The average molecular weight is 327 g/mol. The van der Waals surface area contributed by atoms with Crippen LogP contribution in [0.2, 0.25) is 5.02 Å². The molecule has 4 nitrogen and oxygen atoms in total. The maximum Gasteiger partial charge on any atom is 0.165 e. The van der Waals surface area contributed by atoms with Gasteiger partial charge in [-0.15, -0.1) is 11.3 Å². The van der Waals surface area contributed by atoms with Gasteiger partial charge < -0.3 is 15.2 Å². The predicted octanol–water partition coefficient (Wildman–Crippen LogP) is 3.66. The number of rotatable bonds is 7. The molecule has 0 aliphatic heterocycles. The van der Waals surface area contributed by atoms with E-state index in [9.17, 15) is 0 Å². The Balaban J connectivity index is 2.26. The molecule has 21 heavy (non-hydrogen) atoms. The molecular weight excluding hydrogens is 308 g/mol. The second kappa shape index (κ2) is 7.64. The molecule has 0 fully saturated rings. The zero-order chi connectivity index (χ0) is 15.2. The molecule has 0 aliphatic rings. The molecule has 2 rings (SSSR count). The van der Waals surface area contributed by atoms with E-state index in [0.29, 0.717) is 29.5 Å². The minimum absolute atomic E-state index is 0.0646. The molecule has 1 aromatic carbocycles. The fourth-order valence-corrected chi connectivity index (χ4v) is 2.75. The molecule has 1 atom stereocenters. The summed E-state index contributed by atoms with van der Waals surface area (Å²) in [6, 6.07) is 3.70. The first-order valence-corrected chi connectivity index (χ1v) is 8.08. The third-order valence-electron chi connectivity index (χ3n) is 3.17. The second-order valence-corrected chi connectivity index (χ2v) is 5.89. The van der Waals surface area contributed by atoms with Gasteiger partial charge in [-0.3, -0.25) is 0 Å². The first-order chi connectivity index (χ1) is 10.1. The lowest BCUT2D eigenvalue weighted by atomic mass is 10.0. The number of thiazole rings is 1. The maximum absolute atomic E-state index is 6.14. The number of benzene rings is 1. The monoisotopic (exact) mass is 326 g/mol. The Morgan fingerprint density at radius 2 is 2.24 bits per heavy atom. The van der Waals surface area contributed by atoms with Crippen molar-refractivity contribution in [3.05, 3.63) is 39.3 Å². The number of halogens is 1. The van der Waals surface area contributed by atoms with Gasteiger partial charge in [-0.05, 0) is 18.9 Å². The van der Waals surface area contributed by atoms with Crippen LogP contribution < -0.4 is 15.2 Å². The largest absolute Gasteiger partial charge is 0.493 e. The van der Waals surface area contributed by atoms with Crippen LogP contribution in [0.1, 0.15) is 24.6 Å². The molecule has 0 saturated carbocycles. The minimum atomic E-state index is 0.0646. The molecule has 1 aromatic heterocycles. The van der Waals surface area contributed by atoms with Crippen molar-refractivity contribution in [3.63, 3.8) is 0 Å². The summed E-state index contributed by atoms with van der Waals surface area (Å²) in [5, 5.41) is 2.57. The van der Waals surface area contributed by atoms with Gasteiger partial charge in [-0.2, -0.15) is 0 Å². The molecule has 0 bridgehead atoms. The second-order valence-electron chi connectivity index (χ2n) is 4.74. The van der Waals surface area contributed by atoms with Crippen molar-refractivity contribution >= 4 is 22.9 Å². The molecule has 2 N–H and O–H groups in total. The van der Waals surface area contributed by atoms with E-state index in [1.54, 1.807) is 30.0 Å². The van der Waals surface area contributed by atoms with E-state index in [1.807, 2.05) is 11.4 Å².